The van der Waals surface area contributed by atoms with Crippen molar-refractivity contribution in [1.29, 1.82) is 0 Å². The average molecular weight is 820 g/mol. The summed E-state index contributed by atoms with van der Waals surface area (Å²) in [5.74, 6) is -0.111. The molecule has 2 aromatic heterocycles. The maximum Gasteiger partial charge on any atom is 0.416 e. The van der Waals surface area contributed by atoms with Crippen LogP contribution in [0.5, 0.6) is 0 Å². The minimum Gasteiger partial charge on any atom is -0.459 e. The number of nitrogens with zero attached hydrogens (tertiary/aromatic N) is 6. The van der Waals surface area contributed by atoms with E-state index in [0.717, 1.165) is 4.31 Å². The first kappa shape index (κ1) is 43.1. The number of halogens is 2. The predicted octanol–water partition coefficient (Wildman–Crippen LogP) is 8.26. The molecule has 0 saturated heterocycles. The van der Waals surface area contributed by atoms with Gasteiger partial charge < -0.3 is 19.1 Å². The summed E-state index contributed by atoms with van der Waals surface area (Å²) < 4.78 is 47.3. The lowest BCUT2D eigenvalue weighted by molar-refractivity contribution is -0.152. The van der Waals surface area contributed by atoms with Crippen LogP contribution in [-0.4, -0.2) is 89.7 Å². The first-order chi connectivity index (χ1) is 25.3. The van der Waals surface area contributed by atoms with Crippen molar-refractivity contribution in [1.82, 2.24) is 19.7 Å². The molecule has 14 nitrogen and oxygen atoms in total. The molecule has 0 aliphatic rings. The van der Waals surface area contributed by atoms with Crippen LogP contribution < -0.4 is 9.21 Å². The summed E-state index contributed by atoms with van der Waals surface area (Å²) in [5.41, 5.74) is -1.43. The number of aromatic nitrogens is 3. The van der Waals surface area contributed by atoms with E-state index in [9.17, 15) is 22.8 Å². The number of hydrogen-bond acceptors (Lipinski definition) is 10. The van der Waals surface area contributed by atoms with E-state index in [0.29, 0.717) is 29.7 Å². The van der Waals surface area contributed by atoms with Gasteiger partial charge in [0.25, 0.3) is 10.0 Å². The lowest BCUT2D eigenvalue weighted by Crippen LogP contribution is -2.40. The number of amides is 2. The highest BCUT2D eigenvalue weighted by Gasteiger charge is 2.31. The normalized spacial score (nSPS) is 12.3. The molecule has 0 unspecified atom stereocenters. The molecule has 2 amide bonds. The Morgan fingerprint density at radius 1 is 0.745 bits per heavy atom. The topological polar surface area (TPSA) is 153 Å². The minimum absolute atomic E-state index is 0.114. The highest BCUT2D eigenvalue weighted by atomic mass is 35.5. The van der Waals surface area contributed by atoms with Gasteiger partial charge in [-0.15, -0.1) is 10.2 Å². The summed E-state index contributed by atoms with van der Waals surface area (Å²) in [5, 5.41) is 9.60. The van der Waals surface area contributed by atoms with E-state index in [1.54, 1.807) is 117 Å². The molecule has 0 fully saturated rings. The van der Waals surface area contributed by atoms with E-state index in [-0.39, 0.29) is 33.0 Å². The zero-order valence-electron chi connectivity index (χ0n) is 32.7. The molecule has 0 bridgehead atoms. The third kappa shape index (κ3) is 11.9. The highest BCUT2D eigenvalue weighted by molar-refractivity contribution is 7.92. The standard InChI is InChI=1S/C38H48Cl2N6O8S/c1-36(2,3)52-33(47)24-46(55(50,51)29-22-26(39)21-27(40)23-29)28-12-13-30-25(20-28)16-19-44(30)31-14-15-32(42-41-31)45(35(49)54-38(7,8)9)18-11-17-43(10)34(48)53-37(4,5)6/h12-16,19-23H,11,17-18,24H2,1-10H3. The molecule has 0 atom stereocenters. The SMILES string of the molecule is CN(CCCN(C(=O)OC(C)(C)C)c1ccc(-n2ccc3cc(N(CC(=O)OC(C)(C)C)S(=O)(=O)c4cc(Cl)cc(Cl)c4)ccc32)nn1)C(=O)OC(C)(C)C. The van der Waals surface area contributed by atoms with Gasteiger partial charge in [0.15, 0.2) is 11.6 Å². The average Bonchev–Trinajstić information content (AvgIpc) is 3.46. The van der Waals surface area contributed by atoms with Crippen molar-refractivity contribution in [3.05, 3.63) is 70.8 Å². The van der Waals surface area contributed by atoms with Crippen molar-refractivity contribution in [2.45, 2.75) is 90.4 Å². The number of anilines is 2. The second kappa shape index (κ2) is 16.6. The molecule has 2 aromatic carbocycles. The number of rotatable bonds is 11. The predicted molar refractivity (Wildman–Crippen MR) is 213 cm³/mol. The molecule has 17 heteroatoms. The van der Waals surface area contributed by atoms with Crippen LogP contribution >= 0.6 is 23.2 Å². The number of hydrogen-bond donors (Lipinski definition) is 0. The van der Waals surface area contributed by atoms with Crippen molar-refractivity contribution in [3.8, 4) is 5.82 Å². The van der Waals surface area contributed by atoms with Crippen LogP contribution in [0.25, 0.3) is 16.7 Å². The van der Waals surface area contributed by atoms with E-state index in [1.165, 1.54) is 28.0 Å². The Balaban J connectivity index is 1.63. The molecule has 298 valence electrons. The Kier molecular flexibility index (Phi) is 13.0. The maximum absolute atomic E-state index is 14.0. The van der Waals surface area contributed by atoms with Crippen molar-refractivity contribution in [3.63, 3.8) is 0 Å². The summed E-state index contributed by atoms with van der Waals surface area (Å²) in [6.45, 7) is 15.6. The molecule has 4 aromatic rings. The maximum atomic E-state index is 14.0. The fourth-order valence-corrected chi connectivity index (χ4v) is 7.33. The Morgan fingerprint density at radius 2 is 1.35 bits per heavy atom. The van der Waals surface area contributed by atoms with Gasteiger partial charge in [0, 0.05) is 41.8 Å². The summed E-state index contributed by atoms with van der Waals surface area (Å²) in [4.78, 5) is 41.4. The molecule has 0 aliphatic heterocycles. The van der Waals surface area contributed by atoms with Crippen LogP contribution in [-0.2, 0) is 29.0 Å². The molecule has 4 rings (SSSR count). The fourth-order valence-electron chi connectivity index (χ4n) is 5.20. The number of carbonyl (C=O) groups is 3. The van der Waals surface area contributed by atoms with Gasteiger partial charge in [0.05, 0.1) is 16.1 Å². The van der Waals surface area contributed by atoms with Crippen LogP contribution in [0.1, 0.15) is 68.7 Å². The zero-order chi connectivity index (χ0) is 41.1. The van der Waals surface area contributed by atoms with E-state index in [4.69, 9.17) is 37.4 Å². The smallest absolute Gasteiger partial charge is 0.416 e. The molecule has 0 N–H and O–H groups in total. The molecule has 0 aliphatic carbocycles. The fraction of sp³-hybridized carbons (Fsp3) is 0.447. The van der Waals surface area contributed by atoms with E-state index < -0.39 is 51.5 Å². The zero-order valence-corrected chi connectivity index (χ0v) is 35.0. The van der Waals surface area contributed by atoms with Gasteiger partial charge in [0.2, 0.25) is 0 Å². The molecular formula is C38H48Cl2N6O8S. The van der Waals surface area contributed by atoms with Gasteiger partial charge in [-0.1, -0.05) is 23.2 Å². The van der Waals surface area contributed by atoms with Crippen LogP contribution in [0, 0.1) is 0 Å². The summed E-state index contributed by atoms with van der Waals surface area (Å²) in [7, 11) is -2.73. The van der Waals surface area contributed by atoms with Crippen molar-refractivity contribution in [2.24, 2.45) is 0 Å². The van der Waals surface area contributed by atoms with Gasteiger partial charge in [0.1, 0.15) is 23.3 Å². The lowest BCUT2D eigenvalue weighted by Gasteiger charge is -2.28. The van der Waals surface area contributed by atoms with Gasteiger partial charge >= 0.3 is 18.2 Å². The lowest BCUT2D eigenvalue weighted by atomic mass is 10.2. The number of fused-ring (bicyclic) bond motifs is 1. The van der Waals surface area contributed by atoms with E-state index in [2.05, 4.69) is 10.2 Å². The Morgan fingerprint density at radius 3 is 1.91 bits per heavy atom. The Hall–Kier alpha value is -4.60. The number of sulfonamides is 1. The van der Waals surface area contributed by atoms with Gasteiger partial charge in [-0.25, -0.2) is 18.0 Å². The molecule has 2 heterocycles. The summed E-state index contributed by atoms with van der Waals surface area (Å²) >= 11 is 12.3. The molecule has 55 heavy (non-hydrogen) atoms. The van der Waals surface area contributed by atoms with Crippen LogP contribution in [0.4, 0.5) is 21.1 Å². The monoisotopic (exact) mass is 818 g/mol. The second-order valence-electron chi connectivity index (χ2n) is 15.8. The largest absolute Gasteiger partial charge is 0.459 e. The van der Waals surface area contributed by atoms with Gasteiger partial charge in [-0.2, -0.15) is 0 Å². The van der Waals surface area contributed by atoms with E-state index >= 15 is 0 Å². The first-order valence-corrected chi connectivity index (χ1v) is 19.6. The van der Waals surface area contributed by atoms with Crippen LogP contribution in [0.3, 0.4) is 0 Å². The minimum atomic E-state index is -4.35. The number of carbonyl (C=O) groups excluding carboxylic acids is 3. The quantitative estimate of drug-likeness (QED) is 0.107. The first-order valence-electron chi connectivity index (χ1n) is 17.4. The molecule has 0 radical (unpaired) electrons. The summed E-state index contributed by atoms with van der Waals surface area (Å²) in [6, 6.07) is 13.9. The number of esters is 1. The molecule has 0 spiro atoms. The molecular weight excluding hydrogens is 771 g/mol. The van der Waals surface area contributed by atoms with Gasteiger partial charge in [-0.3, -0.25) is 18.6 Å². The van der Waals surface area contributed by atoms with Crippen LogP contribution in [0.2, 0.25) is 10.0 Å². The van der Waals surface area contributed by atoms with Gasteiger partial charge in [-0.05, 0) is 123 Å². The number of benzene rings is 2. The van der Waals surface area contributed by atoms with Crippen LogP contribution in [0.15, 0.2) is 65.7 Å². The van der Waals surface area contributed by atoms with Crippen molar-refractivity contribution >= 4 is 73.8 Å². The third-order valence-corrected chi connectivity index (χ3v) is 9.62. The number of ether oxygens (including phenoxy) is 3. The Bertz CT molecular complexity index is 2120. The molecule has 0 saturated carbocycles. The van der Waals surface area contributed by atoms with Crippen molar-refractivity contribution in [2.75, 3.05) is 35.9 Å². The Labute approximate surface area is 332 Å². The van der Waals surface area contributed by atoms with E-state index in [1.807, 2.05) is 0 Å². The highest BCUT2D eigenvalue weighted by Crippen LogP contribution is 2.32. The second-order valence-corrected chi connectivity index (χ2v) is 18.5. The summed E-state index contributed by atoms with van der Waals surface area (Å²) in [6.07, 6.45) is 1.03. The van der Waals surface area contributed by atoms with Crippen molar-refractivity contribution < 1.29 is 37.0 Å². The third-order valence-electron chi connectivity index (χ3n) is 7.43.